The average Bonchev–Trinajstić information content (AvgIpc) is 2.14. The van der Waals surface area contributed by atoms with Crippen LogP contribution in [0.4, 0.5) is 13.2 Å². The molecule has 0 aromatic rings. The summed E-state index contributed by atoms with van der Waals surface area (Å²) in [7, 11) is 0. The van der Waals surface area contributed by atoms with E-state index in [-0.39, 0.29) is 6.42 Å². The van der Waals surface area contributed by atoms with Crippen LogP contribution in [0.25, 0.3) is 0 Å². The van der Waals surface area contributed by atoms with Gasteiger partial charge in [0.2, 0.25) is 5.91 Å². The summed E-state index contributed by atoms with van der Waals surface area (Å²) in [5, 5.41) is 8.67. The van der Waals surface area contributed by atoms with Gasteiger partial charge in [-0.3, -0.25) is 4.79 Å². The SMILES string of the molecule is CC(C[C@@H](CO)OC(=O)C(F)(F)F)C(N)=O. The molecule has 2 atom stereocenters. The Labute approximate surface area is 89.4 Å². The van der Waals surface area contributed by atoms with E-state index in [4.69, 9.17) is 10.8 Å². The topological polar surface area (TPSA) is 89.6 Å². The quantitative estimate of drug-likeness (QED) is 0.663. The highest BCUT2D eigenvalue weighted by molar-refractivity contribution is 5.77. The van der Waals surface area contributed by atoms with Crippen molar-refractivity contribution in [3.05, 3.63) is 0 Å². The summed E-state index contributed by atoms with van der Waals surface area (Å²) in [5.74, 6) is -3.94. The van der Waals surface area contributed by atoms with Gasteiger partial charge < -0.3 is 15.6 Å². The lowest BCUT2D eigenvalue weighted by Crippen LogP contribution is -2.34. The van der Waals surface area contributed by atoms with E-state index in [0.717, 1.165) is 0 Å². The standard InChI is InChI=1S/C8H12F3NO4/c1-4(6(12)14)2-5(3-13)16-7(15)8(9,10)11/h4-5,13H,2-3H2,1H3,(H2,12,14)/t4?,5-/m0/s1. The highest BCUT2D eigenvalue weighted by Crippen LogP contribution is 2.19. The Morgan fingerprint density at radius 2 is 1.94 bits per heavy atom. The number of halogens is 3. The van der Waals surface area contributed by atoms with Crippen molar-refractivity contribution < 1.29 is 32.6 Å². The first-order valence-corrected chi connectivity index (χ1v) is 4.36. The number of amides is 1. The number of aliphatic hydroxyl groups is 1. The van der Waals surface area contributed by atoms with E-state index < -0.39 is 36.7 Å². The van der Waals surface area contributed by atoms with Gasteiger partial charge in [-0.15, -0.1) is 0 Å². The molecule has 94 valence electrons. The molecule has 0 saturated heterocycles. The van der Waals surface area contributed by atoms with E-state index in [1.54, 1.807) is 0 Å². The number of esters is 1. The minimum absolute atomic E-state index is 0.256. The summed E-state index contributed by atoms with van der Waals surface area (Å²) in [6.07, 6.45) is -6.77. The Hall–Kier alpha value is -1.31. The minimum Gasteiger partial charge on any atom is -0.453 e. The number of primary amides is 1. The molecule has 8 heteroatoms. The number of nitrogens with two attached hydrogens (primary N) is 1. The number of alkyl halides is 3. The largest absolute Gasteiger partial charge is 0.490 e. The number of ether oxygens (including phenoxy) is 1. The predicted molar refractivity (Wildman–Crippen MR) is 46.0 cm³/mol. The maximum atomic E-state index is 11.8. The van der Waals surface area contributed by atoms with Crippen LogP contribution < -0.4 is 5.73 Å². The summed E-state index contributed by atoms with van der Waals surface area (Å²) in [4.78, 5) is 21.0. The smallest absolute Gasteiger partial charge is 0.453 e. The van der Waals surface area contributed by atoms with E-state index in [0.29, 0.717) is 0 Å². The van der Waals surface area contributed by atoms with Crippen molar-refractivity contribution in [2.45, 2.75) is 25.6 Å². The van der Waals surface area contributed by atoms with Crippen LogP contribution in [-0.2, 0) is 14.3 Å². The zero-order valence-electron chi connectivity index (χ0n) is 8.45. The molecule has 0 saturated carbocycles. The van der Waals surface area contributed by atoms with Gasteiger partial charge in [0.05, 0.1) is 6.61 Å². The fourth-order valence-electron chi connectivity index (χ4n) is 0.889. The lowest BCUT2D eigenvalue weighted by Gasteiger charge is -2.18. The molecule has 0 aromatic heterocycles. The average molecular weight is 243 g/mol. The molecule has 16 heavy (non-hydrogen) atoms. The van der Waals surface area contributed by atoms with Crippen LogP contribution in [0.15, 0.2) is 0 Å². The van der Waals surface area contributed by atoms with Crippen LogP contribution in [0.5, 0.6) is 0 Å². The molecule has 1 amide bonds. The fourth-order valence-corrected chi connectivity index (χ4v) is 0.889. The van der Waals surface area contributed by atoms with Gasteiger partial charge in [-0.2, -0.15) is 13.2 Å². The van der Waals surface area contributed by atoms with Gasteiger partial charge in [0.25, 0.3) is 0 Å². The van der Waals surface area contributed by atoms with Crippen LogP contribution in [0.2, 0.25) is 0 Å². The van der Waals surface area contributed by atoms with Crippen LogP contribution in [0, 0.1) is 5.92 Å². The summed E-state index contributed by atoms with van der Waals surface area (Å²) in [6, 6.07) is 0. The molecule has 0 aliphatic rings. The van der Waals surface area contributed by atoms with Gasteiger partial charge in [0, 0.05) is 5.92 Å². The zero-order valence-corrected chi connectivity index (χ0v) is 8.45. The monoisotopic (exact) mass is 243 g/mol. The normalized spacial score (nSPS) is 15.3. The Morgan fingerprint density at radius 3 is 2.25 bits per heavy atom. The Bertz CT molecular complexity index is 266. The zero-order chi connectivity index (χ0) is 12.9. The number of hydrogen-bond acceptors (Lipinski definition) is 4. The first-order chi connectivity index (χ1) is 7.18. The van der Waals surface area contributed by atoms with Crippen molar-refractivity contribution in [1.82, 2.24) is 0 Å². The predicted octanol–water partition coefficient (Wildman–Crippen LogP) is -0.0357. The third-order valence-electron chi connectivity index (χ3n) is 1.81. The number of aliphatic hydroxyl groups excluding tert-OH is 1. The molecule has 0 fully saturated rings. The van der Waals surface area contributed by atoms with Gasteiger partial charge in [0.15, 0.2) is 0 Å². The van der Waals surface area contributed by atoms with Crippen LogP contribution >= 0.6 is 0 Å². The maximum Gasteiger partial charge on any atom is 0.490 e. The molecule has 0 aromatic carbocycles. The fraction of sp³-hybridized carbons (Fsp3) is 0.750. The molecule has 0 aliphatic heterocycles. The van der Waals surface area contributed by atoms with Gasteiger partial charge >= 0.3 is 12.1 Å². The Balaban J connectivity index is 4.32. The van der Waals surface area contributed by atoms with Crippen LogP contribution in [0.1, 0.15) is 13.3 Å². The minimum atomic E-state index is -5.12. The molecule has 0 bridgehead atoms. The van der Waals surface area contributed by atoms with Crippen molar-refractivity contribution in [3.8, 4) is 0 Å². The third-order valence-corrected chi connectivity index (χ3v) is 1.81. The molecule has 0 heterocycles. The summed E-state index contributed by atoms with van der Waals surface area (Å²) in [5.41, 5.74) is 4.87. The Morgan fingerprint density at radius 1 is 1.44 bits per heavy atom. The molecule has 5 nitrogen and oxygen atoms in total. The molecule has 1 unspecified atom stereocenters. The van der Waals surface area contributed by atoms with Crippen molar-refractivity contribution in [2.75, 3.05) is 6.61 Å². The van der Waals surface area contributed by atoms with Crippen LogP contribution in [0.3, 0.4) is 0 Å². The van der Waals surface area contributed by atoms with Crippen molar-refractivity contribution in [1.29, 1.82) is 0 Å². The highest BCUT2D eigenvalue weighted by atomic mass is 19.4. The second-order valence-corrected chi connectivity index (χ2v) is 3.25. The lowest BCUT2D eigenvalue weighted by atomic mass is 10.0. The number of carbonyl (C=O) groups is 2. The van der Waals surface area contributed by atoms with Crippen molar-refractivity contribution >= 4 is 11.9 Å². The number of rotatable bonds is 5. The first kappa shape index (κ1) is 14.7. The summed E-state index contributed by atoms with van der Waals surface area (Å²) >= 11 is 0. The molecule has 0 aliphatic carbocycles. The maximum absolute atomic E-state index is 11.8. The molecule has 3 N–H and O–H groups in total. The number of hydrogen-bond donors (Lipinski definition) is 2. The molecule has 0 spiro atoms. The molecule has 0 radical (unpaired) electrons. The first-order valence-electron chi connectivity index (χ1n) is 4.36. The molecular formula is C8H12F3NO4. The van der Waals surface area contributed by atoms with Gasteiger partial charge in [-0.25, -0.2) is 4.79 Å². The van der Waals surface area contributed by atoms with Crippen molar-refractivity contribution in [2.24, 2.45) is 11.7 Å². The van der Waals surface area contributed by atoms with Gasteiger partial charge in [-0.05, 0) is 6.42 Å². The van der Waals surface area contributed by atoms with E-state index in [9.17, 15) is 22.8 Å². The molecule has 0 rings (SSSR count). The van der Waals surface area contributed by atoms with E-state index in [1.807, 2.05) is 0 Å². The van der Waals surface area contributed by atoms with Gasteiger partial charge in [-0.1, -0.05) is 6.92 Å². The van der Waals surface area contributed by atoms with Crippen LogP contribution in [-0.4, -0.2) is 35.9 Å². The van der Waals surface area contributed by atoms with Crippen molar-refractivity contribution in [3.63, 3.8) is 0 Å². The van der Waals surface area contributed by atoms with E-state index in [1.165, 1.54) is 6.92 Å². The Kier molecular flexibility index (Phi) is 5.22. The summed E-state index contributed by atoms with van der Waals surface area (Å²) in [6.45, 7) is 0.547. The number of carbonyl (C=O) groups excluding carboxylic acids is 2. The van der Waals surface area contributed by atoms with Gasteiger partial charge in [0.1, 0.15) is 6.10 Å². The second kappa shape index (κ2) is 5.69. The van der Waals surface area contributed by atoms with E-state index >= 15 is 0 Å². The summed E-state index contributed by atoms with van der Waals surface area (Å²) < 4.78 is 39.3. The van der Waals surface area contributed by atoms with E-state index in [2.05, 4.69) is 4.74 Å². The molecular weight excluding hydrogens is 231 g/mol. The third kappa shape index (κ3) is 4.96. The second-order valence-electron chi connectivity index (χ2n) is 3.25. The lowest BCUT2D eigenvalue weighted by molar-refractivity contribution is -0.207. The highest BCUT2D eigenvalue weighted by Gasteiger charge is 2.42.